The molecular formula is C14H12ClFN2OS. The van der Waals surface area contributed by atoms with Crippen molar-refractivity contribution in [1.82, 2.24) is 0 Å². The van der Waals surface area contributed by atoms with E-state index in [9.17, 15) is 4.39 Å². The summed E-state index contributed by atoms with van der Waals surface area (Å²) in [5, 5.41) is 12.1. The van der Waals surface area contributed by atoms with E-state index in [-0.39, 0.29) is 5.84 Å². The maximum Gasteiger partial charge on any atom is 0.170 e. The van der Waals surface area contributed by atoms with Crippen LogP contribution in [0, 0.1) is 5.82 Å². The highest BCUT2D eigenvalue weighted by molar-refractivity contribution is 7.98. The van der Waals surface area contributed by atoms with Crippen LogP contribution >= 0.6 is 23.4 Å². The molecule has 0 radical (unpaired) electrons. The number of hydrogen-bond acceptors (Lipinski definition) is 3. The molecule has 3 nitrogen and oxygen atoms in total. The highest BCUT2D eigenvalue weighted by Gasteiger charge is 2.08. The molecule has 3 N–H and O–H groups in total. The fourth-order valence-electron chi connectivity index (χ4n) is 1.61. The highest BCUT2D eigenvalue weighted by atomic mass is 35.5. The van der Waals surface area contributed by atoms with Crippen LogP contribution in [0.25, 0.3) is 0 Å². The molecule has 0 atom stereocenters. The standard InChI is InChI=1S/C14H12ClFN2OS/c15-11-4-2-1-3-10(11)8-20-13-6-5-9(7-12(13)16)14(17)18-19/h1-7,19H,8H2,(H2,17,18). The van der Waals surface area contributed by atoms with Gasteiger partial charge in [0.2, 0.25) is 0 Å². The Morgan fingerprint density at radius 2 is 2.05 bits per heavy atom. The van der Waals surface area contributed by atoms with Crippen LogP contribution in [0.3, 0.4) is 0 Å². The van der Waals surface area contributed by atoms with Gasteiger partial charge in [-0.05, 0) is 29.8 Å². The second-order valence-corrected chi connectivity index (χ2v) is 5.43. The van der Waals surface area contributed by atoms with Crippen LogP contribution in [0.5, 0.6) is 0 Å². The molecule has 0 aliphatic rings. The van der Waals surface area contributed by atoms with Crippen molar-refractivity contribution in [3.63, 3.8) is 0 Å². The molecule has 0 fully saturated rings. The maximum absolute atomic E-state index is 13.9. The number of nitrogens with two attached hydrogens (primary N) is 1. The fourth-order valence-corrected chi connectivity index (χ4v) is 2.81. The molecule has 0 spiro atoms. The summed E-state index contributed by atoms with van der Waals surface area (Å²) in [6.07, 6.45) is 0. The lowest BCUT2D eigenvalue weighted by atomic mass is 10.2. The van der Waals surface area contributed by atoms with Gasteiger partial charge in [0.05, 0.1) is 0 Å². The molecule has 0 amide bonds. The van der Waals surface area contributed by atoms with E-state index in [0.29, 0.717) is 21.2 Å². The summed E-state index contributed by atoms with van der Waals surface area (Å²) in [4.78, 5) is 0.486. The van der Waals surface area contributed by atoms with Gasteiger partial charge in [-0.2, -0.15) is 0 Å². The molecule has 104 valence electrons. The minimum absolute atomic E-state index is 0.119. The predicted octanol–water partition coefficient (Wildman–Crippen LogP) is 3.87. The molecule has 0 aliphatic heterocycles. The van der Waals surface area contributed by atoms with Gasteiger partial charge in [-0.25, -0.2) is 4.39 Å². The lowest BCUT2D eigenvalue weighted by molar-refractivity contribution is 0.318. The van der Waals surface area contributed by atoms with Crippen molar-refractivity contribution in [3.8, 4) is 0 Å². The molecule has 6 heteroatoms. The van der Waals surface area contributed by atoms with Crippen LogP contribution in [0.2, 0.25) is 5.02 Å². The van der Waals surface area contributed by atoms with Gasteiger partial charge in [-0.1, -0.05) is 35.0 Å². The van der Waals surface area contributed by atoms with E-state index < -0.39 is 5.82 Å². The van der Waals surface area contributed by atoms with Crippen molar-refractivity contribution in [2.45, 2.75) is 10.6 Å². The van der Waals surface area contributed by atoms with E-state index in [0.717, 1.165) is 5.56 Å². The Kier molecular flexibility index (Phi) is 4.87. The monoisotopic (exact) mass is 310 g/mol. The van der Waals surface area contributed by atoms with Crippen LogP contribution in [0.4, 0.5) is 4.39 Å². The fraction of sp³-hybridized carbons (Fsp3) is 0.0714. The topological polar surface area (TPSA) is 58.6 Å². The zero-order valence-electron chi connectivity index (χ0n) is 10.4. The summed E-state index contributed by atoms with van der Waals surface area (Å²) in [7, 11) is 0. The first kappa shape index (κ1) is 14.7. The van der Waals surface area contributed by atoms with E-state index in [4.69, 9.17) is 22.5 Å². The van der Waals surface area contributed by atoms with Gasteiger partial charge in [0, 0.05) is 21.2 Å². The summed E-state index contributed by atoms with van der Waals surface area (Å²) in [5.41, 5.74) is 6.69. The number of oxime groups is 1. The number of thioether (sulfide) groups is 1. The Morgan fingerprint density at radius 1 is 1.30 bits per heavy atom. The SMILES string of the molecule is N/C(=N/O)c1ccc(SCc2ccccc2Cl)c(F)c1. The highest BCUT2D eigenvalue weighted by Crippen LogP contribution is 2.28. The third-order valence-electron chi connectivity index (χ3n) is 2.68. The first-order chi connectivity index (χ1) is 9.61. The predicted molar refractivity (Wildman–Crippen MR) is 79.9 cm³/mol. The molecule has 20 heavy (non-hydrogen) atoms. The summed E-state index contributed by atoms with van der Waals surface area (Å²) >= 11 is 7.39. The van der Waals surface area contributed by atoms with Crippen molar-refractivity contribution in [2.75, 3.05) is 0 Å². The molecule has 0 bridgehead atoms. The van der Waals surface area contributed by atoms with Gasteiger partial charge in [-0.3, -0.25) is 0 Å². The minimum atomic E-state index is -0.411. The first-order valence-corrected chi connectivity index (χ1v) is 7.12. The van der Waals surface area contributed by atoms with Gasteiger partial charge >= 0.3 is 0 Å². The molecule has 0 saturated carbocycles. The third-order valence-corrected chi connectivity index (χ3v) is 4.14. The van der Waals surface area contributed by atoms with Crippen molar-refractivity contribution >= 4 is 29.2 Å². The third kappa shape index (κ3) is 3.43. The second kappa shape index (κ2) is 6.63. The average Bonchev–Trinajstić information content (AvgIpc) is 2.46. The second-order valence-electron chi connectivity index (χ2n) is 4.01. The molecule has 0 saturated heterocycles. The first-order valence-electron chi connectivity index (χ1n) is 5.75. The van der Waals surface area contributed by atoms with Gasteiger partial charge in [0.15, 0.2) is 5.84 Å². The molecule has 2 aromatic rings. The summed E-state index contributed by atoms with van der Waals surface area (Å²) < 4.78 is 13.9. The zero-order chi connectivity index (χ0) is 14.5. The van der Waals surface area contributed by atoms with Crippen molar-refractivity contribution in [1.29, 1.82) is 0 Å². The summed E-state index contributed by atoms with van der Waals surface area (Å²) in [6.45, 7) is 0. The lowest BCUT2D eigenvalue weighted by Gasteiger charge is -2.06. The smallest absolute Gasteiger partial charge is 0.170 e. The van der Waals surface area contributed by atoms with Crippen LogP contribution in [-0.4, -0.2) is 11.0 Å². The Labute approximate surface area is 125 Å². The van der Waals surface area contributed by atoms with Crippen molar-refractivity contribution in [3.05, 3.63) is 64.4 Å². The Hall–Kier alpha value is -1.72. The number of nitrogens with zero attached hydrogens (tertiary/aromatic N) is 1. The summed E-state index contributed by atoms with van der Waals surface area (Å²) in [6, 6.07) is 11.9. The molecular weight excluding hydrogens is 299 g/mol. The van der Waals surface area contributed by atoms with Gasteiger partial charge in [0.25, 0.3) is 0 Å². The number of amidine groups is 1. The van der Waals surface area contributed by atoms with Gasteiger partial charge in [-0.15, -0.1) is 11.8 Å². The minimum Gasteiger partial charge on any atom is -0.409 e. The largest absolute Gasteiger partial charge is 0.409 e. The average molecular weight is 311 g/mol. The van der Waals surface area contributed by atoms with Crippen molar-refractivity contribution < 1.29 is 9.60 Å². The molecule has 0 aliphatic carbocycles. The Morgan fingerprint density at radius 3 is 2.70 bits per heavy atom. The quantitative estimate of drug-likeness (QED) is 0.296. The van der Waals surface area contributed by atoms with E-state index in [2.05, 4.69) is 5.16 Å². The van der Waals surface area contributed by atoms with Gasteiger partial charge < -0.3 is 10.9 Å². The summed E-state index contributed by atoms with van der Waals surface area (Å²) in [5.74, 6) is 0.0391. The van der Waals surface area contributed by atoms with Crippen LogP contribution in [0.1, 0.15) is 11.1 Å². The van der Waals surface area contributed by atoms with E-state index in [1.54, 1.807) is 18.2 Å². The normalized spacial score (nSPS) is 11.6. The number of halogens is 2. The molecule has 0 aromatic heterocycles. The van der Waals surface area contributed by atoms with E-state index >= 15 is 0 Å². The molecule has 0 unspecified atom stereocenters. The zero-order valence-corrected chi connectivity index (χ0v) is 12.0. The van der Waals surface area contributed by atoms with Crippen LogP contribution in [-0.2, 0) is 5.75 Å². The van der Waals surface area contributed by atoms with E-state index in [1.165, 1.54) is 17.8 Å². The maximum atomic E-state index is 13.9. The van der Waals surface area contributed by atoms with Crippen molar-refractivity contribution in [2.24, 2.45) is 10.9 Å². The number of rotatable bonds is 4. The molecule has 0 heterocycles. The number of hydrogen-bond donors (Lipinski definition) is 2. The number of benzene rings is 2. The Balaban J connectivity index is 2.13. The van der Waals surface area contributed by atoms with Crippen LogP contribution < -0.4 is 5.73 Å². The van der Waals surface area contributed by atoms with E-state index in [1.807, 2.05) is 18.2 Å². The lowest BCUT2D eigenvalue weighted by Crippen LogP contribution is -2.13. The van der Waals surface area contributed by atoms with Gasteiger partial charge in [0.1, 0.15) is 5.82 Å². The Bertz CT molecular complexity index is 649. The van der Waals surface area contributed by atoms with Crippen LogP contribution in [0.15, 0.2) is 52.5 Å². The molecule has 2 rings (SSSR count). The molecule has 2 aromatic carbocycles.